The van der Waals surface area contributed by atoms with Crippen LogP contribution in [0.1, 0.15) is 37.3 Å². The Hall–Kier alpha value is -0.860. The molecule has 0 aliphatic rings. The molecule has 90 valence electrons. The van der Waals surface area contributed by atoms with Crippen LogP contribution >= 0.6 is 0 Å². The summed E-state index contributed by atoms with van der Waals surface area (Å²) in [6.45, 7) is 5.07. The molecule has 16 heavy (non-hydrogen) atoms. The highest BCUT2D eigenvalue weighted by molar-refractivity contribution is 5.24. The van der Waals surface area contributed by atoms with Crippen molar-refractivity contribution in [3.05, 3.63) is 35.4 Å². The fourth-order valence-electron chi connectivity index (χ4n) is 1.72. The summed E-state index contributed by atoms with van der Waals surface area (Å²) >= 11 is 0. The topological polar surface area (TPSA) is 35.2 Å². The van der Waals surface area contributed by atoms with Crippen LogP contribution in [0.2, 0.25) is 0 Å². The van der Waals surface area contributed by atoms with E-state index >= 15 is 0 Å². The van der Waals surface area contributed by atoms with E-state index in [0.717, 1.165) is 12.8 Å². The molecule has 1 atom stereocenters. The van der Waals surface area contributed by atoms with Gasteiger partial charge >= 0.3 is 0 Å². The lowest BCUT2D eigenvalue weighted by molar-refractivity contribution is 0.177. The van der Waals surface area contributed by atoms with Gasteiger partial charge in [0.1, 0.15) is 0 Å². The second-order valence-corrected chi connectivity index (χ2v) is 4.65. The maximum absolute atomic E-state index is 5.89. The summed E-state index contributed by atoms with van der Waals surface area (Å²) in [6.07, 6.45) is 2.01. The number of hydrogen-bond acceptors (Lipinski definition) is 2. The fraction of sp³-hybridized carbons (Fsp3) is 0.571. The molecule has 0 spiro atoms. The Morgan fingerprint density at radius 3 is 2.31 bits per heavy atom. The van der Waals surface area contributed by atoms with Crippen LogP contribution in [0.5, 0.6) is 0 Å². The SMILES string of the molecule is COCC(N)CCc1ccc(C(C)C)cc1. The summed E-state index contributed by atoms with van der Waals surface area (Å²) in [6, 6.07) is 8.97. The first kappa shape index (κ1) is 13.2. The van der Waals surface area contributed by atoms with Crippen LogP contribution in [0.4, 0.5) is 0 Å². The predicted molar refractivity (Wildman–Crippen MR) is 68.7 cm³/mol. The Labute approximate surface area is 98.8 Å². The highest BCUT2D eigenvalue weighted by Crippen LogP contribution is 2.15. The van der Waals surface area contributed by atoms with Crippen molar-refractivity contribution in [1.29, 1.82) is 0 Å². The van der Waals surface area contributed by atoms with Gasteiger partial charge in [0, 0.05) is 13.2 Å². The molecular weight excluding hydrogens is 198 g/mol. The second kappa shape index (κ2) is 6.66. The van der Waals surface area contributed by atoms with Gasteiger partial charge in [0.2, 0.25) is 0 Å². The largest absolute Gasteiger partial charge is 0.383 e. The molecule has 2 heteroatoms. The van der Waals surface area contributed by atoms with Crippen molar-refractivity contribution >= 4 is 0 Å². The third kappa shape index (κ3) is 4.33. The second-order valence-electron chi connectivity index (χ2n) is 4.65. The average Bonchev–Trinajstić information content (AvgIpc) is 2.27. The zero-order valence-electron chi connectivity index (χ0n) is 10.6. The molecule has 0 radical (unpaired) electrons. The molecular formula is C14H23NO. The molecule has 0 aliphatic heterocycles. The first-order valence-corrected chi connectivity index (χ1v) is 5.97. The zero-order chi connectivity index (χ0) is 12.0. The third-order valence-corrected chi connectivity index (χ3v) is 2.83. The van der Waals surface area contributed by atoms with Crippen LogP contribution in [-0.2, 0) is 11.2 Å². The van der Waals surface area contributed by atoms with Gasteiger partial charge in [-0.05, 0) is 29.9 Å². The van der Waals surface area contributed by atoms with Gasteiger partial charge in [-0.3, -0.25) is 0 Å². The van der Waals surface area contributed by atoms with Crippen molar-refractivity contribution in [2.24, 2.45) is 5.73 Å². The number of aryl methyl sites for hydroxylation is 1. The predicted octanol–water partition coefficient (Wildman–Crippen LogP) is 2.72. The summed E-state index contributed by atoms with van der Waals surface area (Å²) in [5.41, 5.74) is 8.64. The van der Waals surface area contributed by atoms with E-state index in [1.54, 1.807) is 7.11 Å². The van der Waals surface area contributed by atoms with Crippen LogP contribution in [0, 0.1) is 0 Å². The minimum absolute atomic E-state index is 0.148. The third-order valence-electron chi connectivity index (χ3n) is 2.83. The quantitative estimate of drug-likeness (QED) is 0.801. The molecule has 0 saturated heterocycles. The van der Waals surface area contributed by atoms with Gasteiger partial charge in [-0.15, -0.1) is 0 Å². The van der Waals surface area contributed by atoms with E-state index in [9.17, 15) is 0 Å². The van der Waals surface area contributed by atoms with Gasteiger partial charge in [0.15, 0.2) is 0 Å². The summed E-state index contributed by atoms with van der Waals surface area (Å²) in [4.78, 5) is 0. The van der Waals surface area contributed by atoms with Crippen molar-refractivity contribution in [2.45, 2.75) is 38.6 Å². The van der Waals surface area contributed by atoms with E-state index in [4.69, 9.17) is 10.5 Å². The number of rotatable bonds is 6. The van der Waals surface area contributed by atoms with Crippen molar-refractivity contribution in [3.63, 3.8) is 0 Å². The van der Waals surface area contributed by atoms with Crippen LogP contribution in [0.15, 0.2) is 24.3 Å². The maximum Gasteiger partial charge on any atom is 0.0613 e. The lowest BCUT2D eigenvalue weighted by atomic mass is 9.99. The Bertz CT molecular complexity index is 292. The molecule has 0 aromatic heterocycles. The van der Waals surface area contributed by atoms with Gasteiger partial charge in [0.05, 0.1) is 6.61 Å². The van der Waals surface area contributed by atoms with E-state index < -0.39 is 0 Å². The smallest absolute Gasteiger partial charge is 0.0613 e. The van der Waals surface area contributed by atoms with E-state index in [-0.39, 0.29) is 6.04 Å². The normalized spacial score (nSPS) is 13.1. The first-order chi connectivity index (χ1) is 7.63. The highest BCUT2D eigenvalue weighted by Gasteiger charge is 2.03. The van der Waals surface area contributed by atoms with Crippen molar-refractivity contribution in [1.82, 2.24) is 0 Å². The number of hydrogen-bond donors (Lipinski definition) is 1. The molecule has 0 heterocycles. The van der Waals surface area contributed by atoms with Gasteiger partial charge in [0.25, 0.3) is 0 Å². The molecule has 0 bridgehead atoms. The lowest BCUT2D eigenvalue weighted by Gasteiger charge is -2.11. The van der Waals surface area contributed by atoms with Gasteiger partial charge in [-0.1, -0.05) is 38.1 Å². The molecule has 1 aromatic carbocycles. The zero-order valence-corrected chi connectivity index (χ0v) is 10.6. The highest BCUT2D eigenvalue weighted by atomic mass is 16.5. The maximum atomic E-state index is 5.89. The molecule has 1 aromatic rings. The van der Waals surface area contributed by atoms with Crippen LogP contribution in [0.3, 0.4) is 0 Å². The lowest BCUT2D eigenvalue weighted by Crippen LogP contribution is -2.26. The number of benzene rings is 1. The van der Waals surface area contributed by atoms with Crippen LogP contribution < -0.4 is 5.73 Å². The Kier molecular flexibility index (Phi) is 5.50. The number of methoxy groups -OCH3 is 1. The van der Waals surface area contributed by atoms with E-state index in [2.05, 4.69) is 38.1 Å². The molecule has 1 rings (SSSR count). The van der Waals surface area contributed by atoms with Gasteiger partial charge in [-0.25, -0.2) is 0 Å². The monoisotopic (exact) mass is 221 g/mol. The van der Waals surface area contributed by atoms with Crippen molar-refractivity contribution in [2.75, 3.05) is 13.7 Å². The van der Waals surface area contributed by atoms with Gasteiger partial charge in [-0.2, -0.15) is 0 Å². The molecule has 2 N–H and O–H groups in total. The van der Waals surface area contributed by atoms with E-state index in [1.165, 1.54) is 11.1 Å². The van der Waals surface area contributed by atoms with Crippen LogP contribution in [-0.4, -0.2) is 19.8 Å². The van der Waals surface area contributed by atoms with Crippen molar-refractivity contribution in [3.8, 4) is 0 Å². The standard InChI is InChI=1S/C14H23NO/c1-11(2)13-7-4-12(5-8-13)6-9-14(15)10-16-3/h4-5,7-8,11,14H,6,9-10,15H2,1-3H3. The molecule has 0 amide bonds. The summed E-state index contributed by atoms with van der Waals surface area (Å²) in [7, 11) is 1.69. The van der Waals surface area contributed by atoms with Gasteiger partial charge < -0.3 is 10.5 Å². The van der Waals surface area contributed by atoms with E-state index in [0.29, 0.717) is 12.5 Å². The fourth-order valence-corrected chi connectivity index (χ4v) is 1.72. The summed E-state index contributed by atoms with van der Waals surface area (Å²) < 4.78 is 5.02. The molecule has 0 fully saturated rings. The minimum Gasteiger partial charge on any atom is -0.383 e. The average molecular weight is 221 g/mol. The van der Waals surface area contributed by atoms with E-state index in [1.807, 2.05) is 0 Å². The summed E-state index contributed by atoms with van der Waals surface area (Å²) in [5, 5.41) is 0. The number of nitrogens with two attached hydrogens (primary N) is 1. The molecule has 2 nitrogen and oxygen atoms in total. The Balaban J connectivity index is 2.43. The Morgan fingerprint density at radius 2 is 1.81 bits per heavy atom. The first-order valence-electron chi connectivity index (χ1n) is 5.97. The molecule has 0 aliphatic carbocycles. The van der Waals surface area contributed by atoms with Crippen molar-refractivity contribution < 1.29 is 4.74 Å². The molecule has 1 unspecified atom stereocenters. The Morgan fingerprint density at radius 1 is 1.19 bits per heavy atom. The molecule has 0 saturated carbocycles. The summed E-state index contributed by atoms with van der Waals surface area (Å²) in [5.74, 6) is 0.602. The van der Waals surface area contributed by atoms with Crippen LogP contribution in [0.25, 0.3) is 0 Å². The number of ether oxygens (including phenoxy) is 1. The minimum atomic E-state index is 0.148.